The number of benzene rings is 2. The van der Waals surface area contributed by atoms with E-state index in [-0.39, 0.29) is 11.8 Å². The third kappa shape index (κ3) is 1.76. The molecule has 116 valence electrons. The van der Waals surface area contributed by atoms with Crippen molar-refractivity contribution in [2.45, 2.75) is 12.8 Å². The summed E-state index contributed by atoms with van der Waals surface area (Å²) >= 11 is 1.45. The highest BCUT2D eigenvalue weighted by Crippen LogP contribution is 2.41. The highest BCUT2D eigenvalue weighted by molar-refractivity contribution is 7.16. The average molecular weight is 332 g/mol. The first-order valence-corrected chi connectivity index (χ1v) is 8.61. The number of fused-ring (bicyclic) bond motifs is 4. The van der Waals surface area contributed by atoms with Crippen molar-refractivity contribution in [1.82, 2.24) is 4.98 Å². The summed E-state index contributed by atoms with van der Waals surface area (Å²) in [5.74, 6) is -0.565. The van der Waals surface area contributed by atoms with Gasteiger partial charge in [-0.2, -0.15) is 0 Å². The van der Waals surface area contributed by atoms with E-state index in [0.717, 1.165) is 29.0 Å². The van der Waals surface area contributed by atoms with Crippen LogP contribution in [0.25, 0.3) is 11.3 Å². The minimum Gasteiger partial charge on any atom is -0.268 e. The number of nitrogens with zero attached hydrogens (tertiary/aromatic N) is 2. The Labute approximate surface area is 142 Å². The number of carbonyl (C=O) groups is 2. The van der Waals surface area contributed by atoms with Crippen LogP contribution in [0, 0.1) is 0 Å². The fraction of sp³-hybridized carbons (Fsp3) is 0.105. The van der Waals surface area contributed by atoms with E-state index in [9.17, 15) is 9.59 Å². The zero-order valence-corrected chi connectivity index (χ0v) is 13.5. The maximum absolute atomic E-state index is 12.6. The second kappa shape index (κ2) is 4.85. The van der Waals surface area contributed by atoms with Gasteiger partial charge in [0.2, 0.25) is 0 Å². The molecule has 2 aromatic carbocycles. The van der Waals surface area contributed by atoms with Crippen molar-refractivity contribution in [2.24, 2.45) is 0 Å². The normalized spacial score (nSPS) is 15.2. The molecule has 1 aliphatic heterocycles. The molecule has 5 rings (SSSR count). The molecule has 0 spiro atoms. The number of carbonyl (C=O) groups excluding carboxylic acids is 2. The van der Waals surface area contributed by atoms with Crippen molar-refractivity contribution >= 4 is 28.3 Å². The minimum atomic E-state index is -0.282. The number of amides is 2. The van der Waals surface area contributed by atoms with Gasteiger partial charge in [0.1, 0.15) is 0 Å². The lowest BCUT2D eigenvalue weighted by molar-refractivity contribution is 0.0926. The van der Waals surface area contributed by atoms with Crippen molar-refractivity contribution in [3.63, 3.8) is 0 Å². The number of hydrogen-bond acceptors (Lipinski definition) is 4. The second-order valence-electron chi connectivity index (χ2n) is 5.92. The van der Waals surface area contributed by atoms with Crippen LogP contribution in [-0.2, 0) is 12.8 Å². The van der Waals surface area contributed by atoms with Crippen molar-refractivity contribution < 1.29 is 9.59 Å². The molecule has 3 aromatic rings. The van der Waals surface area contributed by atoms with Crippen LogP contribution in [0.15, 0.2) is 48.5 Å². The Morgan fingerprint density at radius 3 is 2.17 bits per heavy atom. The summed E-state index contributed by atoms with van der Waals surface area (Å²) in [7, 11) is 0. The smallest absolute Gasteiger partial charge is 0.268 e. The van der Waals surface area contributed by atoms with Crippen LogP contribution in [0.2, 0.25) is 0 Å². The van der Waals surface area contributed by atoms with Crippen LogP contribution in [-0.4, -0.2) is 16.8 Å². The van der Waals surface area contributed by atoms with Crippen molar-refractivity contribution in [1.29, 1.82) is 0 Å². The Balaban J connectivity index is 1.63. The van der Waals surface area contributed by atoms with Crippen LogP contribution in [0.5, 0.6) is 0 Å². The SMILES string of the molecule is O=C1c2ccccc2C(=O)N1c1nc2c(s1)CCc1ccccc1-2. The molecule has 2 heterocycles. The third-order valence-electron chi connectivity index (χ3n) is 4.57. The van der Waals surface area contributed by atoms with Crippen LogP contribution in [0.4, 0.5) is 5.13 Å². The molecule has 4 nitrogen and oxygen atoms in total. The Hall–Kier alpha value is -2.79. The molecule has 5 heteroatoms. The van der Waals surface area contributed by atoms with Crippen LogP contribution < -0.4 is 4.90 Å². The Morgan fingerprint density at radius 2 is 1.46 bits per heavy atom. The molecule has 0 N–H and O–H groups in total. The van der Waals surface area contributed by atoms with E-state index in [4.69, 9.17) is 0 Å². The van der Waals surface area contributed by atoms with Gasteiger partial charge in [0, 0.05) is 10.4 Å². The summed E-state index contributed by atoms with van der Waals surface area (Å²) < 4.78 is 0. The molecule has 24 heavy (non-hydrogen) atoms. The van der Waals surface area contributed by atoms with Crippen molar-refractivity contribution in [3.8, 4) is 11.3 Å². The molecule has 1 aliphatic carbocycles. The number of aromatic nitrogens is 1. The lowest BCUT2D eigenvalue weighted by atomic mass is 9.94. The lowest BCUT2D eigenvalue weighted by Gasteiger charge is -2.13. The van der Waals surface area contributed by atoms with Gasteiger partial charge in [-0.1, -0.05) is 36.4 Å². The van der Waals surface area contributed by atoms with Gasteiger partial charge in [-0.3, -0.25) is 9.59 Å². The van der Waals surface area contributed by atoms with E-state index in [0.29, 0.717) is 16.3 Å². The summed E-state index contributed by atoms with van der Waals surface area (Å²) in [4.78, 5) is 32.3. The average Bonchev–Trinajstić information content (AvgIpc) is 3.15. The number of thiazole rings is 1. The number of anilines is 1. The van der Waals surface area contributed by atoms with Gasteiger partial charge in [0.05, 0.1) is 16.8 Å². The summed E-state index contributed by atoms with van der Waals surface area (Å²) in [5.41, 5.74) is 4.20. The summed E-state index contributed by atoms with van der Waals surface area (Å²) in [5, 5.41) is 0.475. The van der Waals surface area contributed by atoms with E-state index in [1.54, 1.807) is 24.3 Å². The Kier molecular flexibility index (Phi) is 2.76. The zero-order chi connectivity index (χ0) is 16.3. The first kappa shape index (κ1) is 13.6. The van der Waals surface area contributed by atoms with Gasteiger partial charge in [-0.15, -0.1) is 11.3 Å². The molecule has 0 fully saturated rings. The number of rotatable bonds is 1. The highest BCUT2D eigenvalue weighted by atomic mass is 32.1. The van der Waals surface area contributed by atoms with E-state index < -0.39 is 0 Å². The molecule has 2 amide bonds. The number of hydrogen-bond donors (Lipinski definition) is 0. The predicted octanol–water partition coefficient (Wildman–Crippen LogP) is 3.71. The molecule has 0 atom stereocenters. The zero-order valence-electron chi connectivity index (χ0n) is 12.7. The maximum Gasteiger partial charge on any atom is 0.268 e. The van der Waals surface area contributed by atoms with Crippen LogP contribution in [0.1, 0.15) is 31.2 Å². The van der Waals surface area contributed by atoms with Crippen molar-refractivity contribution in [3.05, 3.63) is 70.1 Å². The molecule has 2 aliphatic rings. The minimum absolute atomic E-state index is 0.282. The second-order valence-corrected chi connectivity index (χ2v) is 6.98. The topological polar surface area (TPSA) is 50.3 Å². The molecular weight excluding hydrogens is 320 g/mol. The first-order chi connectivity index (χ1) is 11.7. The lowest BCUT2D eigenvalue weighted by Crippen LogP contribution is -2.29. The van der Waals surface area contributed by atoms with Gasteiger partial charge in [0.25, 0.3) is 11.8 Å². The van der Waals surface area contributed by atoms with Gasteiger partial charge < -0.3 is 0 Å². The van der Waals surface area contributed by atoms with E-state index in [1.807, 2.05) is 12.1 Å². The third-order valence-corrected chi connectivity index (χ3v) is 5.67. The predicted molar refractivity (Wildman–Crippen MR) is 92.5 cm³/mol. The number of imide groups is 1. The highest BCUT2D eigenvalue weighted by Gasteiger charge is 2.38. The van der Waals surface area contributed by atoms with E-state index >= 15 is 0 Å². The largest absolute Gasteiger partial charge is 0.268 e. The Bertz CT molecular complexity index is 987. The fourth-order valence-electron chi connectivity index (χ4n) is 3.40. The van der Waals surface area contributed by atoms with Gasteiger partial charge >= 0.3 is 0 Å². The number of aryl methyl sites for hydroxylation is 2. The molecule has 0 bridgehead atoms. The summed E-state index contributed by atoms with van der Waals surface area (Å²) in [6, 6.07) is 15.1. The van der Waals surface area contributed by atoms with E-state index in [2.05, 4.69) is 17.1 Å². The van der Waals surface area contributed by atoms with Crippen molar-refractivity contribution in [2.75, 3.05) is 4.90 Å². The quantitative estimate of drug-likeness (QED) is 0.638. The maximum atomic E-state index is 12.6. The molecule has 0 saturated carbocycles. The van der Waals surface area contributed by atoms with Crippen LogP contribution in [0.3, 0.4) is 0 Å². The summed E-state index contributed by atoms with van der Waals surface area (Å²) in [6.07, 6.45) is 1.86. The monoisotopic (exact) mass is 332 g/mol. The van der Waals surface area contributed by atoms with Crippen LogP contribution >= 0.6 is 11.3 Å². The van der Waals surface area contributed by atoms with E-state index in [1.165, 1.54) is 21.8 Å². The summed E-state index contributed by atoms with van der Waals surface area (Å²) in [6.45, 7) is 0. The van der Waals surface area contributed by atoms with Gasteiger partial charge in [0.15, 0.2) is 5.13 Å². The Morgan fingerprint density at radius 1 is 0.833 bits per heavy atom. The molecular formula is C19H12N2O2S. The first-order valence-electron chi connectivity index (χ1n) is 7.80. The van der Waals surface area contributed by atoms with Gasteiger partial charge in [-0.05, 0) is 30.5 Å². The standard InChI is InChI=1S/C19H12N2O2S/c22-17-13-7-3-4-8-14(13)18(23)21(17)19-20-16-12-6-2-1-5-11(12)9-10-15(16)24-19/h1-8H,9-10H2. The molecule has 0 unspecified atom stereocenters. The van der Waals surface area contributed by atoms with Gasteiger partial charge in [-0.25, -0.2) is 9.88 Å². The molecule has 1 aromatic heterocycles. The molecule has 0 saturated heterocycles. The molecule has 0 radical (unpaired) electrons. The fourth-order valence-corrected chi connectivity index (χ4v) is 4.47.